The van der Waals surface area contributed by atoms with Gasteiger partial charge in [0, 0.05) is 40.8 Å². The number of aromatic amines is 1. The molecule has 4 aromatic rings. The van der Waals surface area contributed by atoms with Gasteiger partial charge in [0.15, 0.2) is 11.5 Å². The molecule has 0 saturated carbocycles. The fourth-order valence-electron chi connectivity index (χ4n) is 3.51. The Morgan fingerprint density at radius 3 is 2.37 bits per heavy atom. The zero-order chi connectivity index (χ0) is 21.1. The normalized spacial score (nSPS) is 11.5. The van der Waals surface area contributed by atoms with Crippen molar-refractivity contribution in [2.75, 3.05) is 21.3 Å². The van der Waals surface area contributed by atoms with Crippen molar-refractivity contribution in [1.29, 1.82) is 0 Å². The summed E-state index contributed by atoms with van der Waals surface area (Å²) in [7, 11) is 4.81. The zero-order valence-corrected chi connectivity index (χ0v) is 17.1. The average Bonchev–Trinajstić information content (AvgIpc) is 3.22. The van der Waals surface area contributed by atoms with E-state index in [0.29, 0.717) is 22.9 Å². The summed E-state index contributed by atoms with van der Waals surface area (Å²) in [6, 6.07) is 13.9. The Kier molecular flexibility index (Phi) is 5.30. The van der Waals surface area contributed by atoms with E-state index in [0.717, 1.165) is 33.2 Å². The molecule has 6 heteroatoms. The average molecular weight is 401 g/mol. The molecule has 0 bridgehead atoms. The van der Waals surface area contributed by atoms with E-state index in [1.165, 1.54) is 0 Å². The summed E-state index contributed by atoms with van der Waals surface area (Å²) in [5.41, 5.74) is 11.9. The van der Waals surface area contributed by atoms with Gasteiger partial charge in [-0.25, -0.2) is 0 Å². The van der Waals surface area contributed by atoms with E-state index in [9.17, 15) is 0 Å². The topological polar surface area (TPSA) is 82.4 Å². The van der Waals surface area contributed by atoms with E-state index >= 15 is 0 Å². The highest BCUT2D eigenvalue weighted by Gasteiger charge is 2.15. The lowest BCUT2D eigenvalue weighted by atomic mass is 10.0. The van der Waals surface area contributed by atoms with Crippen LogP contribution in [0.4, 0.5) is 0 Å². The molecule has 0 spiro atoms. The molecule has 0 amide bonds. The van der Waals surface area contributed by atoms with Gasteiger partial charge in [0.1, 0.15) is 0 Å². The van der Waals surface area contributed by atoms with Crippen LogP contribution in [0.5, 0.6) is 17.2 Å². The van der Waals surface area contributed by atoms with Crippen molar-refractivity contribution >= 4 is 22.7 Å². The first-order chi connectivity index (χ1) is 14.6. The van der Waals surface area contributed by atoms with Gasteiger partial charge in [-0.2, -0.15) is 0 Å². The Balaban J connectivity index is 1.81. The van der Waals surface area contributed by atoms with Gasteiger partial charge in [-0.15, -0.1) is 0 Å². The number of hydrogen-bond acceptors (Lipinski definition) is 5. The first-order valence-electron chi connectivity index (χ1n) is 9.43. The van der Waals surface area contributed by atoms with Gasteiger partial charge in [0.2, 0.25) is 5.75 Å². The monoisotopic (exact) mass is 401 g/mol. The Hall–Kier alpha value is -3.93. The lowest BCUT2D eigenvalue weighted by Crippen LogP contribution is -1.96. The number of aromatic nitrogens is 2. The summed E-state index contributed by atoms with van der Waals surface area (Å²) in [6.07, 6.45) is 7.36. The lowest BCUT2D eigenvalue weighted by Gasteiger charge is -2.14. The van der Waals surface area contributed by atoms with Crippen LogP contribution >= 0.6 is 0 Å². The van der Waals surface area contributed by atoms with Crippen LogP contribution in [0.3, 0.4) is 0 Å². The standard InChI is InChI=1S/C24H23N3O3/c1-28-22-11-17(12-23(29-2)24(22)30-3)16-6-7-21-18(10-16)19(14-27-21)20(25)9-15-5-4-8-26-13-15/h4-14,27H,25H2,1-3H3/b20-9-. The molecule has 3 N–H and O–H groups in total. The molecule has 2 aromatic heterocycles. The Bertz CT molecular complexity index is 1190. The summed E-state index contributed by atoms with van der Waals surface area (Å²) < 4.78 is 16.4. The minimum atomic E-state index is 0.566. The maximum Gasteiger partial charge on any atom is 0.203 e. The molecule has 4 rings (SSSR count). The number of benzene rings is 2. The van der Waals surface area contributed by atoms with E-state index < -0.39 is 0 Å². The Labute approximate surface area is 174 Å². The molecule has 2 heterocycles. The van der Waals surface area contributed by atoms with Gasteiger partial charge in [0.25, 0.3) is 0 Å². The van der Waals surface area contributed by atoms with E-state index in [-0.39, 0.29) is 0 Å². The summed E-state index contributed by atoms with van der Waals surface area (Å²) in [6.45, 7) is 0. The van der Waals surface area contributed by atoms with Crippen LogP contribution < -0.4 is 19.9 Å². The molecule has 30 heavy (non-hydrogen) atoms. The van der Waals surface area contributed by atoms with Crippen LogP contribution in [-0.4, -0.2) is 31.3 Å². The molecule has 152 valence electrons. The van der Waals surface area contributed by atoms with Gasteiger partial charge in [-0.3, -0.25) is 4.98 Å². The minimum absolute atomic E-state index is 0.566. The summed E-state index contributed by atoms with van der Waals surface area (Å²) >= 11 is 0. The number of hydrogen-bond donors (Lipinski definition) is 2. The van der Waals surface area contributed by atoms with Crippen molar-refractivity contribution in [2.24, 2.45) is 5.73 Å². The SMILES string of the molecule is COc1cc(-c2ccc3[nH]cc(/C(N)=C/c4cccnc4)c3c2)cc(OC)c1OC. The van der Waals surface area contributed by atoms with Gasteiger partial charge in [-0.05, 0) is 53.1 Å². The maximum atomic E-state index is 6.41. The summed E-state index contributed by atoms with van der Waals surface area (Å²) in [5, 5.41) is 1.03. The van der Waals surface area contributed by atoms with Crippen LogP contribution in [0.25, 0.3) is 33.8 Å². The molecule has 0 unspecified atom stereocenters. The molecule has 0 aliphatic carbocycles. The van der Waals surface area contributed by atoms with Gasteiger partial charge in [-0.1, -0.05) is 12.1 Å². The molecule has 0 atom stereocenters. The van der Waals surface area contributed by atoms with E-state index in [4.69, 9.17) is 19.9 Å². The van der Waals surface area contributed by atoms with Crippen molar-refractivity contribution in [3.63, 3.8) is 0 Å². The molecule has 0 aliphatic heterocycles. The number of pyridine rings is 1. The molecule has 6 nitrogen and oxygen atoms in total. The fraction of sp³-hybridized carbons (Fsp3) is 0.125. The van der Waals surface area contributed by atoms with Crippen LogP contribution in [0.15, 0.2) is 61.1 Å². The number of ether oxygens (including phenoxy) is 3. The van der Waals surface area contributed by atoms with Crippen molar-refractivity contribution in [1.82, 2.24) is 9.97 Å². The minimum Gasteiger partial charge on any atom is -0.493 e. The second kappa shape index (κ2) is 8.21. The van der Waals surface area contributed by atoms with Crippen LogP contribution in [0.1, 0.15) is 11.1 Å². The van der Waals surface area contributed by atoms with Crippen LogP contribution in [-0.2, 0) is 0 Å². The zero-order valence-electron chi connectivity index (χ0n) is 17.1. The van der Waals surface area contributed by atoms with Crippen molar-refractivity contribution < 1.29 is 14.2 Å². The maximum absolute atomic E-state index is 6.41. The van der Waals surface area contributed by atoms with Gasteiger partial charge in [0.05, 0.1) is 21.3 Å². The number of nitrogens with two attached hydrogens (primary N) is 1. The quantitative estimate of drug-likeness (QED) is 0.489. The molecule has 0 aliphatic rings. The first kappa shape index (κ1) is 19.4. The number of nitrogens with one attached hydrogen (secondary N) is 1. The van der Waals surface area contributed by atoms with E-state index in [1.54, 1.807) is 33.7 Å². The number of nitrogens with zero attached hydrogens (tertiary/aromatic N) is 1. The molecule has 0 fully saturated rings. The highest BCUT2D eigenvalue weighted by Crippen LogP contribution is 2.41. The largest absolute Gasteiger partial charge is 0.493 e. The highest BCUT2D eigenvalue weighted by molar-refractivity contribution is 5.98. The predicted molar refractivity (Wildman–Crippen MR) is 120 cm³/mol. The number of H-pyrrole nitrogens is 1. The fourth-order valence-corrected chi connectivity index (χ4v) is 3.51. The second-order valence-corrected chi connectivity index (χ2v) is 6.76. The molecular formula is C24H23N3O3. The van der Waals surface area contributed by atoms with Crippen molar-refractivity contribution in [2.45, 2.75) is 0 Å². The third kappa shape index (κ3) is 3.55. The van der Waals surface area contributed by atoms with E-state index in [2.05, 4.69) is 16.0 Å². The van der Waals surface area contributed by atoms with Crippen molar-refractivity contribution in [3.05, 3.63) is 72.2 Å². The number of methoxy groups -OCH3 is 3. The Morgan fingerprint density at radius 2 is 1.73 bits per heavy atom. The van der Waals surface area contributed by atoms with Gasteiger partial charge < -0.3 is 24.9 Å². The van der Waals surface area contributed by atoms with Crippen LogP contribution in [0.2, 0.25) is 0 Å². The summed E-state index contributed by atoms with van der Waals surface area (Å²) in [4.78, 5) is 7.43. The smallest absolute Gasteiger partial charge is 0.203 e. The highest BCUT2D eigenvalue weighted by atomic mass is 16.5. The van der Waals surface area contributed by atoms with E-state index in [1.807, 2.05) is 48.7 Å². The first-order valence-corrected chi connectivity index (χ1v) is 9.43. The van der Waals surface area contributed by atoms with Gasteiger partial charge >= 0.3 is 0 Å². The molecule has 0 radical (unpaired) electrons. The molecular weight excluding hydrogens is 378 g/mol. The van der Waals surface area contributed by atoms with Crippen molar-refractivity contribution in [3.8, 4) is 28.4 Å². The molecule has 2 aromatic carbocycles. The third-order valence-electron chi connectivity index (χ3n) is 5.00. The predicted octanol–water partition coefficient (Wildman–Crippen LogP) is 4.71. The Morgan fingerprint density at radius 1 is 0.967 bits per heavy atom. The van der Waals surface area contributed by atoms with Crippen LogP contribution in [0, 0.1) is 0 Å². The third-order valence-corrected chi connectivity index (χ3v) is 5.00. The second-order valence-electron chi connectivity index (χ2n) is 6.76. The number of rotatable bonds is 6. The summed E-state index contributed by atoms with van der Waals surface area (Å²) in [5.74, 6) is 1.78. The molecule has 0 saturated heterocycles. The number of fused-ring (bicyclic) bond motifs is 1. The lowest BCUT2D eigenvalue weighted by molar-refractivity contribution is 0.324.